The number of amides is 2. The van der Waals surface area contributed by atoms with Crippen LogP contribution in [-0.4, -0.2) is 49.9 Å². The maximum Gasteiger partial charge on any atom is 0.240 e. The van der Waals surface area contributed by atoms with Gasteiger partial charge in [0.05, 0.1) is 12.5 Å². The summed E-state index contributed by atoms with van der Waals surface area (Å²) in [6.45, 7) is 1.47. The summed E-state index contributed by atoms with van der Waals surface area (Å²) in [7, 11) is 3.32. The summed E-state index contributed by atoms with van der Waals surface area (Å²) in [5.41, 5.74) is 0. The van der Waals surface area contributed by atoms with Crippen molar-refractivity contribution in [1.29, 1.82) is 0 Å². The summed E-state index contributed by atoms with van der Waals surface area (Å²) >= 11 is 0. The summed E-state index contributed by atoms with van der Waals surface area (Å²) in [5, 5.41) is 5.51. The van der Waals surface area contributed by atoms with Gasteiger partial charge in [-0.15, -0.1) is 0 Å². The smallest absolute Gasteiger partial charge is 0.240 e. The highest BCUT2D eigenvalue weighted by molar-refractivity contribution is 5.88. The molecular formula is C8H15N3O2. The molecule has 0 aromatic carbocycles. The SMILES string of the molecule is CNC(=O)C[C@H]1NCCN(C)C1=O. The number of nitrogens with zero attached hydrogens (tertiary/aromatic N) is 1. The first-order valence-electron chi connectivity index (χ1n) is 4.34. The van der Waals surface area contributed by atoms with Crippen LogP contribution in [0.5, 0.6) is 0 Å². The van der Waals surface area contributed by atoms with Crippen LogP contribution < -0.4 is 10.6 Å². The van der Waals surface area contributed by atoms with E-state index in [0.717, 1.165) is 6.54 Å². The number of hydrogen-bond acceptors (Lipinski definition) is 3. The molecule has 0 spiro atoms. The van der Waals surface area contributed by atoms with E-state index in [1.54, 1.807) is 19.0 Å². The Morgan fingerprint density at radius 1 is 1.77 bits per heavy atom. The zero-order valence-electron chi connectivity index (χ0n) is 7.96. The fourth-order valence-corrected chi connectivity index (χ4v) is 1.32. The number of rotatable bonds is 2. The van der Waals surface area contributed by atoms with Gasteiger partial charge >= 0.3 is 0 Å². The van der Waals surface area contributed by atoms with Crippen molar-refractivity contribution in [2.45, 2.75) is 12.5 Å². The van der Waals surface area contributed by atoms with E-state index in [-0.39, 0.29) is 24.3 Å². The van der Waals surface area contributed by atoms with Crippen molar-refractivity contribution in [1.82, 2.24) is 15.5 Å². The standard InChI is InChI=1S/C8H15N3O2/c1-9-7(12)5-6-8(13)11(2)4-3-10-6/h6,10H,3-5H2,1-2H3,(H,9,12)/t6-/m1/s1. The second-order valence-electron chi connectivity index (χ2n) is 3.14. The van der Waals surface area contributed by atoms with E-state index in [0.29, 0.717) is 6.54 Å². The largest absolute Gasteiger partial charge is 0.359 e. The Morgan fingerprint density at radius 3 is 3.08 bits per heavy atom. The number of carbonyl (C=O) groups excluding carboxylic acids is 2. The zero-order chi connectivity index (χ0) is 9.84. The van der Waals surface area contributed by atoms with Gasteiger partial charge in [0.15, 0.2) is 0 Å². The van der Waals surface area contributed by atoms with Crippen molar-refractivity contribution in [3.05, 3.63) is 0 Å². The number of hydrogen-bond donors (Lipinski definition) is 2. The first-order chi connectivity index (χ1) is 6.15. The highest BCUT2D eigenvalue weighted by Gasteiger charge is 2.27. The van der Waals surface area contributed by atoms with Crippen molar-refractivity contribution in [3.8, 4) is 0 Å². The first-order valence-corrected chi connectivity index (χ1v) is 4.34. The Morgan fingerprint density at radius 2 is 2.46 bits per heavy atom. The molecule has 2 amide bonds. The van der Waals surface area contributed by atoms with E-state index in [1.807, 2.05) is 0 Å². The zero-order valence-corrected chi connectivity index (χ0v) is 7.96. The first kappa shape index (κ1) is 9.98. The summed E-state index contributed by atoms with van der Waals surface area (Å²) in [6.07, 6.45) is 0.222. The molecule has 5 heteroatoms. The normalized spacial score (nSPS) is 23.1. The molecule has 0 unspecified atom stereocenters. The van der Waals surface area contributed by atoms with Gasteiger partial charge in [-0.3, -0.25) is 9.59 Å². The molecule has 0 aliphatic carbocycles. The molecule has 1 saturated heterocycles. The van der Waals surface area contributed by atoms with Gasteiger partial charge in [0.1, 0.15) is 0 Å². The van der Waals surface area contributed by atoms with Crippen LogP contribution in [-0.2, 0) is 9.59 Å². The maximum atomic E-state index is 11.5. The topological polar surface area (TPSA) is 61.4 Å². The van der Waals surface area contributed by atoms with Gasteiger partial charge < -0.3 is 15.5 Å². The molecule has 1 rings (SSSR count). The van der Waals surface area contributed by atoms with Gasteiger partial charge in [0.2, 0.25) is 11.8 Å². The lowest BCUT2D eigenvalue weighted by Crippen LogP contribution is -2.54. The Bertz CT molecular complexity index is 217. The third-order valence-electron chi connectivity index (χ3n) is 2.18. The van der Waals surface area contributed by atoms with Crippen molar-refractivity contribution in [2.75, 3.05) is 27.2 Å². The lowest BCUT2D eigenvalue weighted by atomic mass is 10.1. The van der Waals surface area contributed by atoms with Gasteiger partial charge in [-0.05, 0) is 0 Å². The minimum absolute atomic E-state index is 0.00477. The highest BCUT2D eigenvalue weighted by atomic mass is 16.2. The number of likely N-dealkylation sites (N-methyl/N-ethyl adjacent to an activating group) is 1. The molecule has 1 aliphatic heterocycles. The molecule has 0 aromatic rings. The Balaban J connectivity index is 2.49. The molecular weight excluding hydrogens is 170 g/mol. The van der Waals surface area contributed by atoms with E-state index < -0.39 is 0 Å². The van der Waals surface area contributed by atoms with Crippen LogP contribution in [0.1, 0.15) is 6.42 Å². The molecule has 1 heterocycles. The Labute approximate surface area is 77.5 Å². The summed E-state index contributed by atoms with van der Waals surface area (Å²) in [5.74, 6) is -0.115. The molecule has 0 saturated carbocycles. The van der Waals surface area contributed by atoms with Crippen LogP contribution in [0.2, 0.25) is 0 Å². The average Bonchev–Trinajstić information content (AvgIpc) is 2.13. The summed E-state index contributed by atoms with van der Waals surface area (Å²) in [4.78, 5) is 24.1. The fraction of sp³-hybridized carbons (Fsp3) is 0.750. The van der Waals surface area contributed by atoms with Crippen molar-refractivity contribution in [2.24, 2.45) is 0 Å². The number of nitrogens with one attached hydrogen (secondary N) is 2. The van der Waals surface area contributed by atoms with Gasteiger partial charge in [0.25, 0.3) is 0 Å². The van der Waals surface area contributed by atoms with E-state index >= 15 is 0 Å². The minimum Gasteiger partial charge on any atom is -0.359 e. The third kappa shape index (κ3) is 2.42. The van der Waals surface area contributed by atoms with Crippen LogP contribution in [0.3, 0.4) is 0 Å². The van der Waals surface area contributed by atoms with E-state index in [1.165, 1.54) is 0 Å². The fourth-order valence-electron chi connectivity index (χ4n) is 1.32. The molecule has 2 N–H and O–H groups in total. The number of piperazine rings is 1. The monoisotopic (exact) mass is 185 g/mol. The minimum atomic E-state index is -0.348. The van der Waals surface area contributed by atoms with Crippen LogP contribution >= 0.6 is 0 Å². The molecule has 1 atom stereocenters. The summed E-state index contributed by atoms with van der Waals surface area (Å²) < 4.78 is 0. The molecule has 0 radical (unpaired) electrons. The Hall–Kier alpha value is -1.10. The quantitative estimate of drug-likeness (QED) is 0.553. The van der Waals surface area contributed by atoms with Crippen molar-refractivity contribution < 1.29 is 9.59 Å². The predicted molar refractivity (Wildman–Crippen MR) is 48.1 cm³/mol. The van der Waals surface area contributed by atoms with Gasteiger partial charge in [-0.2, -0.15) is 0 Å². The summed E-state index contributed by atoms with van der Waals surface area (Å²) in [6, 6.07) is -0.348. The van der Waals surface area contributed by atoms with Gasteiger partial charge in [-0.1, -0.05) is 0 Å². The van der Waals surface area contributed by atoms with E-state index in [9.17, 15) is 9.59 Å². The lowest BCUT2D eigenvalue weighted by molar-refractivity contribution is -0.136. The molecule has 5 nitrogen and oxygen atoms in total. The second kappa shape index (κ2) is 4.23. The van der Waals surface area contributed by atoms with Crippen molar-refractivity contribution >= 4 is 11.8 Å². The van der Waals surface area contributed by atoms with E-state index in [4.69, 9.17) is 0 Å². The van der Waals surface area contributed by atoms with Crippen LogP contribution in [0, 0.1) is 0 Å². The molecule has 0 bridgehead atoms. The number of carbonyl (C=O) groups is 2. The molecule has 0 aromatic heterocycles. The van der Waals surface area contributed by atoms with Gasteiger partial charge in [0, 0.05) is 27.2 Å². The Kier molecular flexibility index (Phi) is 3.25. The van der Waals surface area contributed by atoms with Crippen LogP contribution in [0.25, 0.3) is 0 Å². The van der Waals surface area contributed by atoms with Crippen LogP contribution in [0.4, 0.5) is 0 Å². The van der Waals surface area contributed by atoms with E-state index in [2.05, 4.69) is 10.6 Å². The predicted octanol–water partition coefficient (Wildman–Crippen LogP) is -1.45. The molecule has 1 aliphatic rings. The van der Waals surface area contributed by atoms with Crippen LogP contribution in [0.15, 0.2) is 0 Å². The highest BCUT2D eigenvalue weighted by Crippen LogP contribution is 2.02. The molecule has 13 heavy (non-hydrogen) atoms. The maximum absolute atomic E-state index is 11.5. The molecule has 1 fully saturated rings. The molecule has 74 valence electrons. The second-order valence-corrected chi connectivity index (χ2v) is 3.14. The van der Waals surface area contributed by atoms with Gasteiger partial charge in [-0.25, -0.2) is 0 Å². The lowest BCUT2D eigenvalue weighted by Gasteiger charge is -2.29. The van der Waals surface area contributed by atoms with Crippen molar-refractivity contribution in [3.63, 3.8) is 0 Å². The third-order valence-corrected chi connectivity index (χ3v) is 2.18. The average molecular weight is 185 g/mol.